The standard InChI is InChI=1S/C22H27N3O2S.2ClH/c26-21(25-11-4-16(15-25)13-18-3-1-2-8-24-18)19-14-17-5-12-27-22(20(17)28-19)6-9-23-10-7-22;;/h1-3,8,14,16,23H,4-7,9-13,15H2;2*1H. The van der Waals surface area contributed by atoms with E-state index in [1.165, 1.54) is 10.4 Å². The summed E-state index contributed by atoms with van der Waals surface area (Å²) in [5.41, 5.74) is 2.30. The molecule has 2 aromatic heterocycles. The van der Waals surface area contributed by atoms with Crippen LogP contribution in [0.1, 0.15) is 45.1 Å². The van der Waals surface area contributed by atoms with Crippen LogP contribution in [0.3, 0.4) is 0 Å². The predicted octanol–water partition coefficient (Wildman–Crippen LogP) is 3.84. The third kappa shape index (κ3) is 4.53. The summed E-state index contributed by atoms with van der Waals surface area (Å²) in [7, 11) is 0. The van der Waals surface area contributed by atoms with Crippen molar-refractivity contribution in [1.82, 2.24) is 15.2 Å². The first-order valence-corrected chi connectivity index (χ1v) is 11.2. The highest BCUT2D eigenvalue weighted by Crippen LogP contribution is 2.44. The molecule has 2 fully saturated rings. The van der Waals surface area contributed by atoms with Crippen LogP contribution < -0.4 is 5.32 Å². The Hall–Kier alpha value is -1.18. The molecule has 164 valence electrons. The van der Waals surface area contributed by atoms with E-state index in [0.29, 0.717) is 5.92 Å². The molecule has 0 bridgehead atoms. The highest BCUT2D eigenvalue weighted by molar-refractivity contribution is 7.14. The van der Waals surface area contributed by atoms with Gasteiger partial charge < -0.3 is 15.0 Å². The summed E-state index contributed by atoms with van der Waals surface area (Å²) in [6, 6.07) is 8.22. The molecule has 2 saturated heterocycles. The van der Waals surface area contributed by atoms with Gasteiger partial charge in [0.15, 0.2) is 0 Å². The molecular weight excluding hydrogens is 441 g/mol. The lowest BCUT2D eigenvalue weighted by atomic mass is 9.86. The van der Waals surface area contributed by atoms with Gasteiger partial charge in [0.1, 0.15) is 5.60 Å². The number of thiophene rings is 1. The number of aromatic nitrogens is 1. The van der Waals surface area contributed by atoms with E-state index in [1.807, 2.05) is 23.2 Å². The fraction of sp³-hybridized carbons (Fsp3) is 0.545. The molecule has 5 nitrogen and oxygen atoms in total. The van der Waals surface area contributed by atoms with Gasteiger partial charge in [-0.05, 0) is 74.9 Å². The number of amides is 1. The average molecular weight is 470 g/mol. The molecule has 2 aromatic rings. The van der Waals surface area contributed by atoms with Gasteiger partial charge in [-0.15, -0.1) is 36.2 Å². The minimum absolute atomic E-state index is 0. The molecule has 3 aliphatic rings. The largest absolute Gasteiger partial charge is 0.369 e. The fourth-order valence-corrected chi connectivity index (χ4v) is 6.26. The topological polar surface area (TPSA) is 54.5 Å². The van der Waals surface area contributed by atoms with Crippen molar-refractivity contribution < 1.29 is 9.53 Å². The highest BCUT2D eigenvalue weighted by atomic mass is 35.5. The van der Waals surface area contributed by atoms with E-state index in [4.69, 9.17) is 4.74 Å². The molecule has 1 unspecified atom stereocenters. The van der Waals surface area contributed by atoms with Gasteiger partial charge in [0.2, 0.25) is 0 Å². The number of halogens is 2. The maximum absolute atomic E-state index is 13.2. The minimum Gasteiger partial charge on any atom is -0.369 e. The molecule has 0 aromatic carbocycles. The van der Waals surface area contributed by atoms with Crippen LogP contribution in [0.15, 0.2) is 30.5 Å². The molecule has 8 heteroatoms. The molecule has 0 radical (unpaired) electrons. The van der Waals surface area contributed by atoms with Gasteiger partial charge in [0.05, 0.1) is 11.5 Å². The third-order valence-electron chi connectivity index (χ3n) is 6.39. The normalized spacial score (nSPS) is 22.1. The molecule has 1 atom stereocenters. The number of rotatable bonds is 3. The molecular formula is C22H29Cl2N3O2S. The van der Waals surface area contributed by atoms with Gasteiger partial charge in [-0.2, -0.15) is 0 Å². The van der Waals surface area contributed by atoms with E-state index < -0.39 is 0 Å². The Morgan fingerprint density at radius 2 is 2.13 bits per heavy atom. The Morgan fingerprint density at radius 1 is 1.30 bits per heavy atom. The van der Waals surface area contributed by atoms with Crippen molar-refractivity contribution in [3.8, 4) is 0 Å². The Kier molecular flexibility index (Phi) is 7.80. The van der Waals surface area contributed by atoms with Crippen LogP contribution >= 0.6 is 36.2 Å². The van der Waals surface area contributed by atoms with E-state index in [1.54, 1.807) is 11.3 Å². The number of nitrogens with one attached hydrogen (secondary N) is 1. The van der Waals surface area contributed by atoms with E-state index >= 15 is 0 Å². The Morgan fingerprint density at radius 3 is 2.90 bits per heavy atom. The summed E-state index contributed by atoms with van der Waals surface area (Å²) in [5, 5.41) is 3.43. The number of carbonyl (C=O) groups excluding carboxylic acids is 1. The summed E-state index contributed by atoms with van der Waals surface area (Å²) in [6.45, 7) is 4.44. The van der Waals surface area contributed by atoms with Gasteiger partial charge in [0.25, 0.3) is 5.91 Å². The van der Waals surface area contributed by atoms with Crippen molar-refractivity contribution in [2.75, 3.05) is 32.8 Å². The molecule has 0 saturated carbocycles. The number of hydrogen-bond acceptors (Lipinski definition) is 5. The van der Waals surface area contributed by atoms with Gasteiger partial charge in [-0.3, -0.25) is 9.78 Å². The summed E-state index contributed by atoms with van der Waals surface area (Å²) in [6.07, 6.45) is 6.80. The lowest BCUT2D eigenvalue weighted by molar-refractivity contribution is -0.0771. The van der Waals surface area contributed by atoms with E-state index in [-0.39, 0.29) is 36.3 Å². The van der Waals surface area contributed by atoms with Gasteiger partial charge in [-0.1, -0.05) is 6.07 Å². The lowest BCUT2D eigenvalue weighted by Crippen LogP contribution is -2.43. The van der Waals surface area contributed by atoms with Crippen LogP contribution in [-0.2, 0) is 23.2 Å². The van der Waals surface area contributed by atoms with Crippen molar-refractivity contribution in [2.45, 2.75) is 37.7 Å². The van der Waals surface area contributed by atoms with Crippen LogP contribution in [0.25, 0.3) is 0 Å². The van der Waals surface area contributed by atoms with Crippen molar-refractivity contribution in [3.63, 3.8) is 0 Å². The third-order valence-corrected chi connectivity index (χ3v) is 7.74. The van der Waals surface area contributed by atoms with Crippen LogP contribution in [0.2, 0.25) is 0 Å². The number of fused-ring (bicyclic) bond motifs is 2. The second-order valence-electron chi connectivity index (χ2n) is 8.24. The quantitative estimate of drug-likeness (QED) is 0.741. The van der Waals surface area contributed by atoms with Crippen LogP contribution in [0.5, 0.6) is 0 Å². The molecule has 30 heavy (non-hydrogen) atoms. The second kappa shape index (κ2) is 9.96. The van der Waals surface area contributed by atoms with Crippen molar-refractivity contribution in [2.24, 2.45) is 5.92 Å². The summed E-state index contributed by atoms with van der Waals surface area (Å²) >= 11 is 1.68. The zero-order chi connectivity index (χ0) is 19.0. The molecule has 1 N–H and O–H groups in total. The predicted molar refractivity (Wildman–Crippen MR) is 124 cm³/mol. The average Bonchev–Trinajstić information content (AvgIpc) is 3.37. The fourth-order valence-electron chi connectivity index (χ4n) is 4.88. The number of likely N-dealkylation sites (tertiary alicyclic amines) is 1. The number of carbonyl (C=O) groups is 1. The first-order chi connectivity index (χ1) is 13.7. The molecule has 1 amide bonds. The first-order valence-electron chi connectivity index (χ1n) is 10.4. The summed E-state index contributed by atoms with van der Waals surface area (Å²) in [4.78, 5) is 21.9. The Labute approximate surface area is 194 Å². The zero-order valence-electron chi connectivity index (χ0n) is 17.0. The van der Waals surface area contributed by atoms with Crippen LogP contribution in [0.4, 0.5) is 0 Å². The zero-order valence-corrected chi connectivity index (χ0v) is 19.4. The number of ether oxygens (including phenoxy) is 1. The molecule has 0 aliphatic carbocycles. The summed E-state index contributed by atoms with van der Waals surface area (Å²) < 4.78 is 6.27. The number of nitrogens with zero attached hydrogens (tertiary/aromatic N) is 2. The number of piperidine rings is 1. The molecule has 5 rings (SSSR count). The van der Waals surface area contributed by atoms with Gasteiger partial charge in [0, 0.05) is 29.9 Å². The summed E-state index contributed by atoms with van der Waals surface area (Å²) in [5.74, 6) is 0.708. The molecule has 1 spiro atoms. The van der Waals surface area contributed by atoms with Crippen molar-refractivity contribution >= 4 is 42.1 Å². The number of pyridine rings is 1. The van der Waals surface area contributed by atoms with Gasteiger partial charge in [-0.25, -0.2) is 0 Å². The van der Waals surface area contributed by atoms with E-state index in [0.717, 1.165) is 75.5 Å². The highest BCUT2D eigenvalue weighted by Gasteiger charge is 2.41. The maximum Gasteiger partial charge on any atom is 0.263 e. The number of hydrogen-bond donors (Lipinski definition) is 1. The Balaban J connectivity index is 0.00000128. The van der Waals surface area contributed by atoms with Crippen molar-refractivity contribution in [1.29, 1.82) is 0 Å². The van der Waals surface area contributed by atoms with E-state index in [2.05, 4.69) is 22.4 Å². The first kappa shape index (κ1) is 23.5. The SMILES string of the molecule is Cl.Cl.O=C(c1cc2c(s1)C1(CCNCC1)OCC2)N1CCC(Cc2ccccn2)C1. The van der Waals surface area contributed by atoms with E-state index in [9.17, 15) is 4.79 Å². The Bertz CT molecular complexity index is 855. The van der Waals surface area contributed by atoms with Crippen molar-refractivity contribution in [3.05, 3.63) is 51.5 Å². The van der Waals surface area contributed by atoms with Crippen LogP contribution in [0, 0.1) is 5.92 Å². The van der Waals surface area contributed by atoms with Crippen LogP contribution in [-0.4, -0.2) is 48.6 Å². The maximum atomic E-state index is 13.2. The minimum atomic E-state index is -0.158. The molecule has 5 heterocycles. The second-order valence-corrected chi connectivity index (χ2v) is 9.29. The monoisotopic (exact) mass is 469 g/mol. The molecule has 3 aliphatic heterocycles. The van der Waals surface area contributed by atoms with Gasteiger partial charge >= 0.3 is 0 Å². The lowest BCUT2D eigenvalue weighted by Gasteiger charge is -2.40. The smallest absolute Gasteiger partial charge is 0.263 e.